The molecule has 0 amide bonds. The fraction of sp³-hybridized carbons (Fsp3) is 0.706. The van der Waals surface area contributed by atoms with Crippen LogP contribution in [-0.4, -0.2) is 49.3 Å². The van der Waals surface area contributed by atoms with Crippen LogP contribution in [0.4, 0.5) is 5.82 Å². The summed E-state index contributed by atoms with van der Waals surface area (Å²) < 4.78 is 5.43. The van der Waals surface area contributed by atoms with E-state index in [2.05, 4.69) is 35.9 Å². The number of aryl methyl sites for hydroxylation is 1. The summed E-state index contributed by atoms with van der Waals surface area (Å²) in [6.45, 7) is 10.4. The van der Waals surface area contributed by atoms with Crippen molar-refractivity contribution < 1.29 is 4.74 Å². The summed E-state index contributed by atoms with van der Waals surface area (Å²) in [5.74, 6) is 1.14. The Hall–Kier alpha value is -1.13. The first-order valence-corrected chi connectivity index (χ1v) is 8.33. The van der Waals surface area contributed by atoms with Gasteiger partial charge in [0.15, 0.2) is 0 Å². The fourth-order valence-electron chi connectivity index (χ4n) is 3.62. The van der Waals surface area contributed by atoms with Gasteiger partial charge in [-0.05, 0) is 50.0 Å². The molecule has 1 atom stereocenters. The molecular weight excluding hydrogens is 262 g/mol. The molecule has 1 aromatic heterocycles. The first kappa shape index (κ1) is 14.8. The molecule has 3 rings (SSSR count). The molecule has 21 heavy (non-hydrogen) atoms. The van der Waals surface area contributed by atoms with Crippen LogP contribution in [0.2, 0.25) is 0 Å². The van der Waals surface area contributed by atoms with E-state index in [0.717, 1.165) is 38.7 Å². The average molecular weight is 289 g/mol. The topological polar surface area (TPSA) is 28.6 Å². The highest BCUT2D eigenvalue weighted by atomic mass is 16.5. The molecule has 116 valence electrons. The molecule has 0 spiro atoms. The van der Waals surface area contributed by atoms with Crippen molar-refractivity contribution >= 4 is 5.82 Å². The van der Waals surface area contributed by atoms with Crippen molar-refractivity contribution in [3.8, 4) is 0 Å². The Morgan fingerprint density at radius 1 is 1.24 bits per heavy atom. The Kier molecular flexibility index (Phi) is 4.76. The van der Waals surface area contributed by atoms with E-state index in [1.807, 2.05) is 0 Å². The third-order valence-corrected chi connectivity index (χ3v) is 4.79. The van der Waals surface area contributed by atoms with Gasteiger partial charge < -0.3 is 9.64 Å². The van der Waals surface area contributed by atoms with Gasteiger partial charge in [0.1, 0.15) is 5.82 Å². The van der Waals surface area contributed by atoms with Crippen molar-refractivity contribution in [2.24, 2.45) is 0 Å². The van der Waals surface area contributed by atoms with Gasteiger partial charge in [0, 0.05) is 25.3 Å². The number of anilines is 1. The number of nitrogens with zero attached hydrogens (tertiary/aromatic N) is 3. The normalized spacial score (nSPS) is 24.3. The Morgan fingerprint density at radius 2 is 2.05 bits per heavy atom. The first-order chi connectivity index (χ1) is 10.3. The fourth-order valence-corrected chi connectivity index (χ4v) is 3.62. The van der Waals surface area contributed by atoms with Crippen LogP contribution in [0.3, 0.4) is 0 Å². The minimum Gasteiger partial charge on any atom is -0.378 e. The van der Waals surface area contributed by atoms with Crippen LogP contribution in [0.15, 0.2) is 12.3 Å². The van der Waals surface area contributed by atoms with Crippen LogP contribution in [0.25, 0.3) is 0 Å². The van der Waals surface area contributed by atoms with Crippen LogP contribution >= 0.6 is 0 Å². The number of piperidine rings is 1. The lowest BCUT2D eigenvalue weighted by Gasteiger charge is -2.35. The van der Waals surface area contributed by atoms with E-state index in [0.29, 0.717) is 6.04 Å². The van der Waals surface area contributed by atoms with Gasteiger partial charge in [0.2, 0.25) is 0 Å². The number of hydrogen-bond acceptors (Lipinski definition) is 4. The molecule has 2 aliphatic rings. The second-order valence-corrected chi connectivity index (χ2v) is 6.15. The standard InChI is InChI=1S/C17H27N3O/c1-3-19-7-5-4-6-16(19)15-12-14(2)17(18-13-15)20-8-10-21-11-9-20/h12-13,16H,3-11H2,1-2H3/t16-/m0/s1. The molecule has 0 N–H and O–H groups in total. The van der Waals surface area contributed by atoms with Crippen molar-refractivity contribution in [2.45, 2.75) is 39.2 Å². The van der Waals surface area contributed by atoms with Crippen molar-refractivity contribution in [3.05, 3.63) is 23.4 Å². The van der Waals surface area contributed by atoms with Crippen molar-refractivity contribution in [1.29, 1.82) is 0 Å². The van der Waals surface area contributed by atoms with Crippen molar-refractivity contribution in [3.63, 3.8) is 0 Å². The third-order valence-electron chi connectivity index (χ3n) is 4.79. The summed E-state index contributed by atoms with van der Waals surface area (Å²) in [5.41, 5.74) is 2.70. The monoisotopic (exact) mass is 289 g/mol. The lowest BCUT2D eigenvalue weighted by Crippen LogP contribution is -2.37. The van der Waals surface area contributed by atoms with Crippen LogP contribution in [0, 0.1) is 6.92 Å². The maximum absolute atomic E-state index is 5.43. The minimum atomic E-state index is 0.564. The van der Waals surface area contributed by atoms with Crippen LogP contribution in [0.5, 0.6) is 0 Å². The van der Waals surface area contributed by atoms with E-state index >= 15 is 0 Å². The van der Waals surface area contributed by atoms with E-state index in [9.17, 15) is 0 Å². The lowest BCUT2D eigenvalue weighted by molar-refractivity contribution is 0.122. The zero-order valence-electron chi connectivity index (χ0n) is 13.3. The summed E-state index contributed by atoms with van der Waals surface area (Å²) >= 11 is 0. The van der Waals surface area contributed by atoms with Gasteiger partial charge in [-0.2, -0.15) is 0 Å². The van der Waals surface area contributed by atoms with E-state index in [1.54, 1.807) is 0 Å². The second-order valence-electron chi connectivity index (χ2n) is 6.15. The smallest absolute Gasteiger partial charge is 0.131 e. The predicted molar refractivity (Wildman–Crippen MR) is 85.8 cm³/mol. The summed E-state index contributed by atoms with van der Waals surface area (Å²) in [4.78, 5) is 9.73. The van der Waals surface area contributed by atoms with E-state index in [1.165, 1.54) is 36.9 Å². The quantitative estimate of drug-likeness (QED) is 0.855. The van der Waals surface area contributed by atoms with E-state index < -0.39 is 0 Å². The number of hydrogen-bond donors (Lipinski definition) is 0. The van der Waals surface area contributed by atoms with Crippen molar-refractivity contribution in [1.82, 2.24) is 9.88 Å². The maximum atomic E-state index is 5.43. The SMILES string of the molecule is CCN1CCCC[C@H]1c1cnc(N2CCOCC2)c(C)c1. The lowest BCUT2D eigenvalue weighted by atomic mass is 9.95. The molecule has 3 heterocycles. The Balaban J connectivity index is 1.79. The molecule has 0 unspecified atom stereocenters. The van der Waals surface area contributed by atoms with E-state index in [4.69, 9.17) is 9.72 Å². The average Bonchev–Trinajstić information content (AvgIpc) is 2.55. The van der Waals surface area contributed by atoms with Gasteiger partial charge in [0.25, 0.3) is 0 Å². The van der Waals surface area contributed by atoms with Crippen LogP contribution in [-0.2, 0) is 4.74 Å². The highest BCUT2D eigenvalue weighted by Gasteiger charge is 2.24. The largest absolute Gasteiger partial charge is 0.378 e. The molecule has 4 heteroatoms. The molecule has 0 aromatic carbocycles. The Morgan fingerprint density at radius 3 is 2.76 bits per heavy atom. The van der Waals surface area contributed by atoms with E-state index in [-0.39, 0.29) is 0 Å². The highest BCUT2D eigenvalue weighted by Crippen LogP contribution is 2.32. The first-order valence-electron chi connectivity index (χ1n) is 8.33. The van der Waals surface area contributed by atoms with Gasteiger partial charge in [0.05, 0.1) is 13.2 Å². The molecule has 4 nitrogen and oxygen atoms in total. The predicted octanol–water partition coefficient (Wildman–Crippen LogP) is 2.77. The molecule has 1 aromatic rings. The number of morpholine rings is 1. The molecule has 2 fully saturated rings. The van der Waals surface area contributed by atoms with Crippen molar-refractivity contribution in [2.75, 3.05) is 44.3 Å². The zero-order valence-corrected chi connectivity index (χ0v) is 13.3. The number of rotatable bonds is 3. The zero-order chi connectivity index (χ0) is 14.7. The Labute approximate surface area is 128 Å². The third kappa shape index (κ3) is 3.22. The molecule has 0 radical (unpaired) electrons. The van der Waals surface area contributed by atoms with Gasteiger partial charge >= 0.3 is 0 Å². The summed E-state index contributed by atoms with van der Waals surface area (Å²) in [6, 6.07) is 2.92. The number of aromatic nitrogens is 1. The number of likely N-dealkylation sites (tertiary alicyclic amines) is 1. The molecule has 2 aliphatic heterocycles. The summed E-state index contributed by atoms with van der Waals surface area (Å²) in [5, 5.41) is 0. The maximum Gasteiger partial charge on any atom is 0.131 e. The number of pyridine rings is 1. The molecule has 2 saturated heterocycles. The van der Waals surface area contributed by atoms with Gasteiger partial charge in [-0.1, -0.05) is 13.3 Å². The van der Waals surface area contributed by atoms with Gasteiger partial charge in [-0.3, -0.25) is 4.90 Å². The van der Waals surface area contributed by atoms with Gasteiger partial charge in [-0.15, -0.1) is 0 Å². The summed E-state index contributed by atoms with van der Waals surface area (Å²) in [7, 11) is 0. The Bertz CT molecular complexity index is 471. The summed E-state index contributed by atoms with van der Waals surface area (Å²) in [6.07, 6.45) is 6.05. The van der Waals surface area contributed by atoms with Crippen LogP contribution in [0.1, 0.15) is 43.4 Å². The molecular formula is C17H27N3O. The number of ether oxygens (including phenoxy) is 1. The highest BCUT2D eigenvalue weighted by molar-refractivity contribution is 5.48. The van der Waals surface area contributed by atoms with Gasteiger partial charge in [-0.25, -0.2) is 4.98 Å². The molecule has 0 bridgehead atoms. The molecule has 0 saturated carbocycles. The second kappa shape index (κ2) is 6.75. The molecule has 0 aliphatic carbocycles. The minimum absolute atomic E-state index is 0.564. The van der Waals surface area contributed by atoms with Crippen LogP contribution < -0.4 is 4.90 Å².